The van der Waals surface area contributed by atoms with Crippen molar-refractivity contribution < 1.29 is 23.2 Å². The number of nitro groups is 1. The molecule has 0 unspecified atom stereocenters. The maximum absolute atomic E-state index is 12.1. The Bertz CT molecular complexity index is 668. The van der Waals surface area contributed by atoms with Gasteiger partial charge in [-0.1, -0.05) is 0 Å². The van der Waals surface area contributed by atoms with Gasteiger partial charge in [-0.15, -0.1) is 0 Å². The number of carbonyl (C=O) groups is 1. The van der Waals surface area contributed by atoms with Crippen molar-refractivity contribution in [3.63, 3.8) is 0 Å². The lowest BCUT2D eigenvalue weighted by Crippen LogP contribution is -2.38. The smallest absolute Gasteiger partial charge is 0.321 e. The van der Waals surface area contributed by atoms with Crippen molar-refractivity contribution in [2.45, 2.75) is 31.7 Å². The molecule has 2 N–H and O–H groups in total. The van der Waals surface area contributed by atoms with Crippen molar-refractivity contribution in [3.8, 4) is 0 Å². The molecular formula is C11H14N2O6S. The number of hydrogen-bond acceptors (Lipinski definition) is 5. The van der Waals surface area contributed by atoms with Gasteiger partial charge in [0.05, 0.1) is 4.92 Å². The molecule has 0 aliphatic carbocycles. The molecule has 0 saturated carbocycles. The van der Waals surface area contributed by atoms with Crippen LogP contribution < -0.4 is 4.72 Å². The topological polar surface area (TPSA) is 127 Å². The van der Waals surface area contributed by atoms with Crippen LogP contribution in [0.1, 0.15) is 18.1 Å². The minimum absolute atomic E-state index is 0.543. The molecule has 0 heterocycles. The van der Waals surface area contributed by atoms with Crippen molar-refractivity contribution in [3.05, 3.63) is 33.4 Å². The van der Waals surface area contributed by atoms with E-state index in [9.17, 15) is 23.3 Å². The standard InChI is InChI=1S/C11H14N2O6S/c1-6-4-9(13(16)17)10(5-7(6)2)20(18,19)12-8(3)11(14)15/h4-5,8,12H,1-3H3,(H,14,15)/t8-/m1/s1. The van der Waals surface area contributed by atoms with Crippen molar-refractivity contribution in [2.24, 2.45) is 0 Å². The van der Waals surface area contributed by atoms with E-state index < -0.39 is 37.5 Å². The minimum Gasteiger partial charge on any atom is -0.480 e. The van der Waals surface area contributed by atoms with E-state index in [2.05, 4.69) is 0 Å². The third-order valence-corrected chi connectivity index (χ3v) is 4.33. The molecule has 0 spiro atoms. The van der Waals surface area contributed by atoms with E-state index in [1.165, 1.54) is 0 Å². The summed E-state index contributed by atoms with van der Waals surface area (Å²) in [5.74, 6) is -1.37. The van der Waals surface area contributed by atoms with E-state index in [0.717, 1.165) is 19.1 Å². The van der Waals surface area contributed by atoms with Crippen LogP contribution in [0.15, 0.2) is 17.0 Å². The van der Waals surface area contributed by atoms with Crippen LogP contribution >= 0.6 is 0 Å². The Kier molecular flexibility index (Phi) is 4.46. The van der Waals surface area contributed by atoms with Crippen LogP contribution in [0.3, 0.4) is 0 Å². The highest BCUT2D eigenvalue weighted by Crippen LogP contribution is 2.27. The third kappa shape index (κ3) is 3.31. The maximum atomic E-state index is 12.1. The second kappa shape index (κ2) is 5.55. The quantitative estimate of drug-likeness (QED) is 0.616. The molecule has 1 atom stereocenters. The Labute approximate surface area is 115 Å². The number of nitro benzene ring substituents is 1. The number of aliphatic carboxylic acids is 1. The molecule has 0 saturated heterocycles. The first-order chi connectivity index (χ1) is 9.06. The van der Waals surface area contributed by atoms with Crippen LogP contribution in [0.2, 0.25) is 0 Å². The molecular weight excluding hydrogens is 288 g/mol. The largest absolute Gasteiger partial charge is 0.480 e. The van der Waals surface area contributed by atoms with Crippen molar-refractivity contribution >= 4 is 21.7 Å². The van der Waals surface area contributed by atoms with E-state index in [-0.39, 0.29) is 0 Å². The van der Waals surface area contributed by atoms with Gasteiger partial charge in [0, 0.05) is 6.07 Å². The molecule has 110 valence electrons. The average Bonchev–Trinajstić information content (AvgIpc) is 2.30. The number of rotatable bonds is 5. The molecule has 0 bridgehead atoms. The fourth-order valence-electron chi connectivity index (χ4n) is 1.48. The van der Waals surface area contributed by atoms with Gasteiger partial charge in [-0.05, 0) is 38.0 Å². The second-order valence-corrected chi connectivity index (χ2v) is 6.02. The summed E-state index contributed by atoms with van der Waals surface area (Å²) in [7, 11) is -4.29. The zero-order valence-electron chi connectivity index (χ0n) is 11.1. The lowest BCUT2D eigenvalue weighted by atomic mass is 10.1. The highest BCUT2D eigenvalue weighted by Gasteiger charge is 2.29. The van der Waals surface area contributed by atoms with Gasteiger partial charge in [-0.25, -0.2) is 8.42 Å². The van der Waals surface area contributed by atoms with Gasteiger partial charge < -0.3 is 5.11 Å². The normalized spacial score (nSPS) is 12.9. The first-order valence-electron chi connectivity index (χ1n) is 5.57. The SMILES string of the molecule is Cc1cc([N+](=O)[O-])c(S(=O)(=O)N[C@H](C)C(=O)O)cc1C. The fourth-order valence-corrected chi connectivity index (χ4v) is 2.91. The van der Waals surface area contributed by atoms with E-state index in [1.807, 2.05) is 4.72 Å². The molecule has 0 amide bonds. The second-order valence-electron chi connectivity index (χ2n) is 4.34. The molecule has 1 rings (SSSR count). The molecule has 8 nitrogen and oxygen atoms in total. The minimum atomic E-state index is -4.29. The molecule has 1 aromatic rings. The molecule has 0 aromatic heterocycles. The summed E-state index contributed by atoms with van der Waals surface area (Å²) in [6.45, 7) is 4.36. The van der Waals surface area contributed by atoms with Gasteiger partial charge in [0.1, 0.15) is 6.04 Å². The zero-order chi connectivity index (χ0) is 15.7. The van der Waals surface area contributed by atoms with Gasteiger partial charge in [-0.3, -0.25) is 14.9 Å². The summed E-state index contributed by atoms with van der Waals surface area (Å²) in [6.07, 6.45) is 0. The highest BCUT2D eigenvalue weighted by atomic mass is 32.2. The number of nitrogens with zero attached hydrogens (tertiary/aromatic N) is 1. The Morgan fingerprint density at radius 3 is 2.30 bits per heavy atom. The number of carboxylic acids is 1. The van der Waals surface area contributed by atoms with Gasteiger partial charge in [0.15, 0.2) is 4.90 Å². The van der Waals surface area contributed by atoms with Crippen LogP contribution in [0, 0.1) is 24.0 Å². The third-order valence-electron chi connectivity index (χ3n) is 2.76. The summed E-state index contributed by atoms with van der Waals surface area (Å²) in [5.41, 5.74) is 0.541. The highest BCUT2D eigenvalue weighted by molar-refractivity contribution is 7.89. The maximum Gasteiger partial charge on any atom is 0.321 e. The number of hydrogen-bond donors (Lipinski definition) is 2. The molecule has 0 fully saturated rings. The summed E-state index contributed by atoms with van der Waals surface area (Å²) in [5, 5.41) is 19.7. The van der Waals surface area contributed by atoms with E-state index in [4.69, 9.17) is 5.11 Å². The van der Waals surface area contributed by atoms with Crippen LogP contribution in [-0.2, 0) is 14.8 Å². The number of aryl methyl sites for hydroxylation is 2. The summed E-state index contributed by atoms with van der Waals surface area (Å²) < 4.78 is 26.0. The first kappa shape index (κ1) is 16.1. The average molecular weight is 302 g/mol. The van der Waals surface area contributed by atoms with Crippen LogP contribution in [0.5, 0.6) is 0 Å². The Morgan fingerprint density at radius 1 is 1.35 bits per heavy atom. The van der Waals surface area contributed by atoms with Gasteiger partial charge in [0.25, 0.3) is 5.69 Å². The lowest BCUT2D eigenvalue weighted by molar-refractivity contribution is -0.387. The van der Waals surface area contributed by atoms with E-state index >= 15 is 0 Å². The van der Waals surface area contributed by atoms with Crippen molar-refractivity contribution in [1.82, 2.24) is 4.72 Å². The van der Waals surface area contributed by atoms with Crippen molar-refractivity contribution in [2.75, 3.05) is 0 Å². The molecule has 0 aliphatic rings. The molecule has 0 aliphatic heterocycles. The predicted octanol–water partition coefficient (Wildman–Crippen LogP) is 0.963. The van der Waals surface area contributed by atoms with Crippen molar-refractivity contribution in [1.29, 1.82) is 0 Å². The van der Waals surface area contributed by atoms with E-state index in [1.54, 1.807) is 13.8 Å². The molecule has 0 radical (unpaired) electrons. The van der Waals surface area contributed by atoms with Crippen LogP contribution in [-0.4, -0.2) is 30.5 Å². The lowest BCUT2D eigenvalue weighted by Gasteiger charge is -2.12. The van der Waals surface area contributed by atoms with E-state index in [0.29, 0.717) is 11.1 Å². The number of nitrogens with one attached hydrogen (secondary N) is 1. The van der Waals surface area contributed by atoms with Gasteiger partial charge in [-0.2, -0.15) is 4.72 Å². The van der Waals surface area contributed by atoms with Crippen LogP contribution in [0.4, 0.5) is 5.69 Å². The summed E-state index contributed by atoms with van der Waals surface area (Å²) >= 11 is 0. The van der Waals surface area contributed by atoms with Gasteiger partial charge >= 0.3 is 5.97 Å². The predicted molar refractivity (Wildman–Crippen MR) is 70.0 cm³/mol. The Morgan fingerprint density at radius 2 is 1.85 bits per heavy atom. The summed E-state index contributed by atoms with van der Waals surface area (Å²) in [6, 6.07) is 0.917. The Balaban J connectivity index is 3.41. The van der Waals surface area contributed by atoms with Crippen LogP contribution in [0.25, 0.3) is 0 Å². The number of sulfonamides is 1. The Hall–Kier alpha value is -2.00. The molecule has 9 heteroatoms. The summed E-state index contributed by atoms with van der Waals surface area (Å²) in [4.78, 5) is 20.3. The first-order valence-corrected chi connectivity index (χ1v) is 7.05. The van der Waals surface area contributed by atoms with Gasteiger partial charge in [0.2, 0.25) is 10.0 Å². The molecule has 1 aromatic carbocycles. The molecule has 20 heavy (non-hydrogen) atoms. The number of benzene rings is 1. The zero-order valence-corrected chi connectivity index (χ0v) is 11.9. The monoisotopic (exact) mass is 302 g/mol. The number of carboxylic acid groups (broad SMARTS) is 1. The fraction of sp³-hybridized carbons (Fsp3) is 0.364.